The molecule has 0 bridgehead atoms. The number of nitrogens with one attached hydrogen (secondary N) is 1. The first-order valence-electron chi connectivity index (χ1n) is 8.18. The fourth-order valence-corrected chi connectivity index (χ4v) is 2.88. The molecule has 0 amide bonds. The van der Waals surface area contributed by atoms with Crippen LogP contribution in [-0.4, -0.2) is 4.98 Å². The third-order valence-corrected chi connectivity index (χ3v) is 4.08. The van der Waals surface area contributed by atoms with Gasteiger partial charge in [0.1, 0.15) is 0 Å². The average Bonchev–Trinajstić information content (AvgIpc) is 2.91. The molecule has 3 rings (SSSR count). The topological polar surface area (TPSA) is 15.8 Å². The van der Waals surface area contributed by atoms with Crippen LogP contribution in [0.4, 0.5) is 0 Å². The molecule has 2 aromatic carbocycles. The number of benzene rings is 2. The molecule has 0 saturated carbocycles. The van der Waals surface area contributed by atoms with Gasteiger partial charge in [-0.15, -0.1) is 0 Å². The van der Waals surface area contributed by atoms with Crippen molar-refractivity contribution in [3.8, 4) is 0 Å². The van der Waals surface area contributed by atoms with Crippen molar-refractivity contribution in [1.82, 2.24) is 4.98 Å². The molecule has 0 spiro atoms. The van der Waals surface area contributed by atoms with E-state index >= 15 is 0 Å². The van der Waals surface area contributed by atoms with Crippen molar-refractivity contribution in [2.75, 3.05) is 0 Å². The van der Waals surface area contributed by atoms with E-state index in [1.807, 2.05) is 0 Å². The smallest absolute Gasteiger partial charge is 0.0461 e. The quantitative estimate of drug-likeness (QED) is 0.539. The summed E-state index contributed by atoms with van der Waals surface area (Å²) in [5.41, 5.74) is 5.23. The number of rotatable bonds is 6. The van der Waals surface area contributed by atoms with Gasteiger partial charge in [-0.05, 0) is 29.7 Å². The molecule has 1 N–H and O–H groups in total. The zero-order valence-electron chi connectivity index (χ0n) is 13.2. The molecule has 0 aliphatic heterocycles. The predicted octanol–water partition coefficient (Wildman–Crippen LogP) is 5.96. The molecule has 0 unspecified atom stereocenters. The number of hydrogen-bond acceptors (Lipinski definition) is 0. The highest BCUT2D eigenvalue weighted by atomic mass is 14.7. The van der Waals surface area contributed by atoms with Crippen molar-refractivity contribution in [1.29, 1.82) is 0 Å². The normalized spacial score (nSPS) is 11.5. The monoisotopic (exact) mass is 289 g/mol. The second-order valence-electron chi connectivity index (χ2n) is 5.77. The van der Waals surface area contributed by atoms with Gasteiger partial charge in [-0.1, -0.05) is 74.4 Å². The Hall–Kier alpha value is -2.28. The van der Waals surface area contributed by atoms with E-state index in [9.17, 15) is 0 Å². The SMILES string of the molecule is CCCC/C=C/c1[nH]c2ccccc2c1Cc1ccccc1. The van der Waals surface area contributed by atoms with Crippen LogP contribution in [0.5, 0.6) is 0 Å². The zero-order valence-corrected chi connectivity index (χ0v) is 13.2. The van der Waals surface area contributed by atoms with Crippen molar-refractivity contribution in [3.05, 3.63) is 77.5 Å². The maximum atomic E-state index is 3.57. The molecule has 22 heavy (non-hydrogen) atoms. The van der Waals surface area contributed by atoms with Crippen LogP contribution in [0, 0.1) is 0 Å². The summed E-state index contributed by atoms with van der Waals surface area (Å²) < 4.78 is 0. The van der Waals surface area contributed by atoms with Crippen molar-refractivity contribution < 1.29 is 0 Å². The summed E-state index contributed by atoms with van der Waals surface area (Å²) >= 11 is 0. The van der Waals surface area contributed by atoms with Crippen LogP contribution in [0.2, 0.25) is 0 Å². The number of aromatic nitrogens is 1. The lowest BCUT2D eigenvalue weighted by Gasteiger charge is -2.03. The lowest BCUT2D eigenvalue weighted by molar-refractivity contribution is 0.816. The van der Waals surface area contributed by atoms with Crippen molar-refractivity contribution in [2.45, 2.75) is 32.6 Å². The van der Waals surface area contributed by atoms with Crippen molar-refractivity contribution in [2.24, 2.45) is 0 Å². The number of para-hydroxylation sites is 1. The number of H-pyrrole nitrogens is 1. The molecule has 0 aliphatic rings. The van der Waals surface area contributed by atoms with E-state index in [-0.39, 0.29) is 0 Å². The molecule has 1 nitrogen and oxygen atoms in total. The molecular weight excluding hydrogens is 266 g/mol. The highest BCUT2D eigenvalue weighted by molar-refractivity contribution is 5.87. The molecule has 0 radical (unpaired) electrons. The minimum Gasteiger partial charge on any atom is -0.355 e. The van der Waals surface area contributed by atoms with Gasteiger partial charge in [0.15, 0.2) is 0 Å². The van der Waals surface area contributed by atoms with Gasteiger partial charge >= 0.3 is 0 Å². The van der Waals surface area contributed by atoms with Gasteiger partial charge in [-0.25, -0.2) is 0 Å². The first kappa shape index (κ1) is 14.6. The second-order valence-corrected chi connectivity index (χ2v) is 5.77. The Morgan fingerprint density at radius 3 is 2.55 bits per heavy atom. The number of allylic oxidation sites excluding steroid dienone is 1. The summed E-state index contributed by atoms with van der Waals surface area (Å²) in [6.45, 7) is 2.23. The minimum atomic E-state index is 0.971. The van der Waals surface area contributed by atoms with Crippen LogP contribution in [0.15, 0.2) is 60.7 Å². The van der Waals surface area contributed by atoms with Crippen molar-refractivity contribution >= 4 is 17.0 Å². The highest BCUT2D eigenvalue weighted by Crippen LogP contribution is 2.26. The fraction of sp³-hybridized carbons (Fsp3) is 0.238. The Labute approximate surface area is 132 Å². The molecular formula is C21H23N. The largest absolute Gasteiger partial charge is 0.355 e. The van der Waals surface area contributed by atoms with Crippen LogP contribution in [-0.2, 0) is 6.42 Å². The highest BCUT2D eigenvalue weighted by Gasteiger charge is 2.09. The molecule has 0 aliphatic carbocycles. The molecule has 0 saturated heterocycles. The maximum Gasteiger partial charge on any atom is 0.0461 e. The van der Waals surface area contributed by atoms with E-state index in [1.54, 1.807) is 0 Å². The first-order valence-corrected chi connectivity index (χ1v) is 8.18. The predicted molar refractivity (Wildman–Crippen MR) is 96.1 cm³/mol. The van der Waals surface area contributed by atoms with E-state index in [1.165, 1.54) is 40.6 Å². The van der Waals surface area contributed by atoms with Crippen LogP contribution in [0.1, 0.15) is 43.0 Å². The maximum absolute atomic E-state index is 3.57. The summed E-state index contributed by atoms with van der Waals surface area (Å²) in [6.07, 6.45) is 9.17. The van der Waals surface area contributed by atoms with Crippen LogP contribution in [0.25, 0.3) is 17.0 Å². The summed E-state index contributed by atoms with van der Waals surface area (Å²) in [7, 11) is 0. The van der Waals surface area contributed by atoms with Crippen LogP contribution in [0.3, 0.4) is 0 Å². The molecule has 3 aromatic rings. The van der Waals surface area contributed by atoms with Gasteiger partial charge < -0.3 is 4.98 Å². The van der Waals surface area contributed by atoms with E-state index in [2.05, 4.69) is 78.7 Å². The molecule has 1 heterocycles. The minimum absolute atomic E-state index is 0.971. The zero-order chi connectivity index (χ0) is 15.2. The van der Waals surface area contributed by atoms with E-state index in [0.717, 1.165) is 12.8 Å². The molecule has 1 aromatic heterocycles. The van der Waals surface area contributed by atoms with Crippen LogP contribution >= 0.6 is 0 Å². The van der Waals surface area contributed by atoms with Gasteiger partial charge in [-0.3, -0.25) is 0 Å². The number of aromatic amines is 1. The Morgan fingerprint density at radius 2 is 1.73 bits per heavy atom. The van der Waals surface area contributed by atoms with Crippen molar-refractivity contribution in [3.63, 3.8) is 0 Å². The Balaban J connectivity index is 1.96. The Kier molecular flexibility index (Phi) is 4.75. The van der Waals surface area contributed by atoms with Gasteiger partial charge in [0, 0.05) is 23.0 Å². The fourth-order valence-electron chi connectivity index (χ4n) is 2.88. The number of fused-ring (bicyclic) bond motifs is 1. The van der Waals surface area contributed by atoms with Crippen LogP contribution < -0.4 is 0 Å². The Morgan fingerprint density at radius 1 is 0.955 bits per heavy atom. The third-order valence-electron chi connectivity index (χ3n) is 4.08. The number of hydrogen-bond donors (Lipinski definition) is 1. The standard InChI is InChI=1S/C21H23N/c1-2-3-4-8-14-21-19(16-17-11-6-5-7-12-17)18-13-9-10-15-20(18)22-21/h5-15,22H,2-4,16H2,1H3/b14-8+. The average molecular weight is 289 g/mol. The lowest BCUT2D eigenvalue weighted by atomic mass is 10.0. The third kappa shape index (κ3) is 3.30. The van der Waals surface area contributed by atoms with Gasteiger partial charge in [0.25, 0.3) is 0 Å². The number of unbranched alkanes of at least 4 members (excludes halogenated alkanes) is 2. The second kappa shape index (κ2) is 7.13. The summed E-state index contributed by atoms with van der Waals surface area (Å²) in [5.74, 6) is 0. The molecule has 112 valence electrons. The molecule has 1 heteroatoms. The summed E-state index contributed by atoms with van der Waals surface area (Å²) in [4.78, 5) is 3.57. The van der Waals surface area contributed by atoms with E-state index in [4.69, 9.17) is 0 Å². The van der Waals surface area contributed by atoms with Gasteiger partial charge in [0.2, 0.25) is 0 Å². The first-order chi connectivity index (χ1) is 10.9. The van der Waals surface area contributed by atoms with Gasteiger partial charge in [-0.2, -0.15) is 0 Å². The Bertz CT molecular complexity index is 750. The molecule has 0 fully saturated rings. The van der Waals surface area contributed by atoms with Gasteiger partial charge in [0.05, 0.1) is 0 Å². The van der Waals surface area contributed by atoms with E-state index < -0.39 is 0 Å². The molecule has 0 atom stereocenters. The van der Waals surface area contributed by atoms with E-state index in [0.29, 0.717) is 0 Å². The summed E-state index contributed by atoms with van der Waals surface area (Å²) in [5, 5.41) is 1.33. The summed E-state index contributed by atoms with van der Waals surface area (Å²) in [6, 6.07) is 19.3. The lowest BCUT2D eigenvalue weighted by Crippen LogP contribution is -1.89.